The molecule has 2 rings (SSSR count). The van der Waals surface area contributed by atoms with Crippen LogP contribution in [0.2, 0.25) is 0 Å². The predicted molar refractivity (Wildman–Crippen MR) is 74.0 cm³/mol. The van der Waals surface area contributed by atoms with Crippen LogP contribution in [0.15, 0.2) is 36.7 Å². The summed E-state index contributed by atoms with van der Waals surface area (Å²) in [5, 5.41) is 9.06. The topological polar surface area (TPSA) is 72.3 Å². The Morgan fingerprint density at radius 2 is 2.00 bits per heavy atom. The van der Waals surface area contributed by atoms with Gasteiger partial charge in [-0.3, -0.25) is 4.98 Å². The molecular weight excluding hydrogens is 256 g/mol. The summed E-state index contributed by atoms with van der Waals surface area (Å²) in [7, 11) is 0. The van der Waals surface area contributed by atoms with Crippen LogP contribution in [0.25, 0.3) is 0 Å². The first kappa shape index (κ1) is 14.0. The van der Waals surface area contributed by atoms with E-state index < -0.39 is 5.97 Å². The van der Waals surface area contributed by atoms with Crippen LogP contribution in [-0.2, 0) is 6.42 Å². The number of aromatic carboxylic acids is 1. The second-order valence-corrected chi connectivity index (χ2v) is 4.42. The molecule has 0 aliphatic rings. The fourth-order valence-electron chi connectivity index (χ4n) is 1.80. The quantitative estimate of drug-likeness (QED) is 0.818. The number of ether oxygens (including phenoxy) is 1. The number of carboxylic acids is 1. The molecule has 0 bridgehead atoms. The lowest BCUT2D eigenvalue weighted by Crippen LogP contribution is -2.07. The Balaban J connectivity index is 1.91. The number of hydrogen-bond donors (Lipinski definition) is 1. The molecule has 0 fully saturated rings. The van der Waals surface area contributed by atoms with Crippen molar-refractivity contribution in [3.05, 3.63) is 53.5 Å². The van der Waals surface area contributed by atoms with Crippen LogP contribution in [0.5, 0.6) is 5.88 Å². The van der Waals surface area contributed by atoms with Gasteiger partial charge in [-0.2, -0.15) is 0 Å². The van der Waals surface area contributed by atoms with E-state index in [9.17, 15) is 4.79 Å². The molecule has 0 aromatic carbocycles. The van der Waals surface area contributed by atoms with Crippen LogP contribution < -0.4 is 4.74 Å². The fraction of sp³-hybridized carbons (Fsp3) is 0.267. The molecule has 0 atom stereocenters. The molecule has 5 heteroatoms. The Labute approximate surface area is 117 Å². The molecule has 0 saturated carbocycles. The van der Waals surface area contributed by atoms with Gasteiger partial charge in [-0.1, -0.05) is 0 Å². The number of nitrogens with zero attached hydrogens (tertiary/aromatic N) is 2. The summed E-state index contributed by atoms with van der Waals surface area (Å²) in [6.07, 6.45) is 5.15. The largest absolute Gasteiger partial charge is 0.477 e. The minimum Gasteiger partial charge on any atom is -0.477 e. The number of carbonyl (C=O) groups is 1. The summed E-state index contributed by atoms with van der Waals surface area (Å²) >= 11 is 0. The first-order valence-corrected chi connectivity index (χ1v) is 6.39. The zero-order valence-electron chi connectivity index (χ0n) is 11.2. The van der Waals surface area contributed by atoms with E-state index in [0.29, 0.717) is 6.61 Å². The summed E-state index contributed by atoms with van der Waals surface area (Å²) in [4.78, 5) is 19.1. The second-order valence-electron chi connectivity index (χ2n) is 4.42. The lowest BCUT2D eigenvalue weighted by Gasteiger charge is -2.08. The SMILES string of the molecule is Cc1ccc(C(=O)O)c(OCCCc2ccncc2)n1. The number of rotatable bonds is 6. The van der Waals surface area contributed by atoms with Crippen molar-refractivity contribution in [3.63, 3.8) is 0 Å². The van der Waals surface area contributed by atoms with E-state index in [4.69, 9.17) is 9.84 Å². The van der Waals surface area contributed by atoms with Gasteiger partial charge < -0.3 is 9.84 Å². The number of carboxylic acid groups (broad SMARTS) is 1. The molecule has 2 heterocycles. The number of aryl methyl sites for hydroxylation is 2. The molecule has 0 spiro atoms. The van der Waals surface area contributed by atoms with Gasteiger partial charge in [-0.05, 0) is 49.6 Å². The van der Waals surface area contributed by atoms with Crippen LogP contribution in [0.3, 0.4) is 0 Å². The third-order valence-electron chi connectivity index (χ3n) is 2.83. The average Bonchev–Trinajstić information content (AvgIpc) is 2.44. The Hall–Kier alpha value is -2.43. The van der Waals surface area contributed by atoms with Gasteiger partial charge >= 0.3 is 5.97 Å². The third kappa shape index (κ3) is 3.78. The highest BCUT2D eigenvalue weighted by atomic mass is 16.5. The Kier molecular flexibility index (Phi) is 4.65. The minimum absolute atomic E-state index is 0.0968. The minimum atomic E-state index is -1.03. The molecule has 0 unspecified atom stereocenters. The summed E-state index contributed by atoms with van der Waals surface area (Å²) in [6.45, 7) is 2.23. The molecule has 0 aliphatic carbocycles. The van der Waals surface area contributed by atoms with Crippen LogP contribution >= 0.6 is 0 Å². The second kappa shape index (κ2) is 6.65. The molecule has 2 aromatic heterocycles. The average molecular weight is 272 g/mol. The highest BCUT2D eigenvalue weighted by Crippen LogP contribution is 2.16. The number of pyridine rings is 2. The fourth-order valence-corrected chi connectivity index (χ4v) is 1.80. The normalized spacial score (nSPS) is 10.2. The maximum Gasteiger partial charge on any atom is 0.341 e. The van der Waals surface area contributed by atoms with Gasteiger partial charge in [-0.15, -0.1) is 0 Å². The maximum absolute atomic E-state index is 11.1. The van der Waals surface area contributed by atoms with E-state index >= 15 is 0 Å². The van der Waals surface area contributed by atoms with Gasteiger partial charge in [0.25, 0.3) is 0 Å². The lowest BCUT2D eigenvalue weighted by atomic mass is 10.1. The van der Waals surface area contributed by atoms with Gasteiger partial charge in [0, 0.05) is 18.1 Å². The van der Waals surface area contributed by atoms with E-state index in [2.05, 4.69) is 9.97 Å². The van der Waals surface area contributed by atoms with Gasteiger partial charge in [0.15, 0.2) is 0 Å². The number of aromatic nitrogens is 2. The van der Waals surface area contributed by atoms with Crippen molar-refractivity contribution >= 4 is 5.97 Å². The molecule has 2 aromatic rings. The van der Waals surface area contributed by atoms with Crippen LogP contribution in [0.4, 0.5) is 0 Å². The Morgan fingerprint density at radius 3 is 2.70 bits per heavy atom. The molecule has 1 N–H and O–H groups in total. The molecule has 0 aliphatic heterocycles. The van der Waals surface area contributed by atoms with Gasteiger partial charge in [-0.25, -0.2) is 9.78 Å². The summed E-state index contributed by atoms with van der Waals surface area (Å²) in [5.74, 6) is -0.839. The monoisotopic (exact) mass is 272 g/mol. The molecule has 0 saturated heterocycles. The lowest BCUT2D eigenvalue weighted by molar-refractivity contribution is 0.0691. The Bertz CT molecular complexity index is 585. The Morgan fingerprint density at radius 1 is 1.25 bits per heavy atom. The number of hydrogen-bond acceptors (Lipinski definition) is 4. The molecule has 104 valence electrons. The van der Waals surface area contributed by atoms with E-state index in [0.717, 1.165) is 18.5 Å². The molecule has 0 radical (unpaired) electrons. The molecular formula is C15H16N2O3. The predicted octanol–water partition coefficient (Wildman–Crippen LogP) is 2.49. The zero-order valence-corrected chi connectivity index (χ0v) is 11.2. The molecule has 5 nitrogen and oxygen atoms in total. The van der Waals surface area contributed by atoms with E-state index in [1.54, 1.807) is 25.4 Å². The van der Waals surface area contributed by atoms with E-state index in [-0.39, 0.29) is 11.4 Å². The van der Waals surface area contributed by atoms with Crippen molar-refractivity contribution < 1.29 is 14.6 Å². The first-order valence-electron chi connectivity index (χ1n) is 6.39. The third-order valence-corrected chi connectivity index (χ3v) is 2.83. The van der Waals surface area contributed by atoms with Gasteiger partial charge in [0.1, 0.15) is 5.56 Å². The molecule has 20 heavy (non-hydrogen) atoms. The van der Waals surface area contributed by atoms with Crippen LogP contribution in [0.1, 0.15) is 28.0 Å². The zero-order chi connectivity index (χ0) is 14.4. The van der Waals surface area contributed by atoms with E-state index in [1.807, 2.05) is 12.1 Å². The summed E-state index contributed by atoms with van der Waals surface area (Å²) < 4.78 is 5.49. The van der Waals surface area contributed by atoms with Crippen molar-refractivity contribution in [2.24, 2.45) is 0 Å². The van der Waals surface area contributed by atoms with Crippen molar-refractivity contribution in [1.82, 2.24) is 9.97 Å². The maximum atomic E-state index is 11.1. The van der Waals surface area contributed by atoms with Crippen molar-refractivity contribution in [1.29, 1.82) is 0 Å². The van der Waals surface area contributed by atoms with Gasteiger partial charge in [0.2, 0.25) is 5.88 Å². The van der Waals surface area contributed by atoms with Crippen molar-refractivity contribution in [2.45, 2.75) is 19.8 Å². The molecule has 0 amide bonds. The van der Waals surface area contributed by atoms with Crippen LogP contribution in [-0.4, -0.2) is 27.7 Å². The standard InChI is InChI=1S/C15H16N2O3/c1-11-4-5-13(15(18)19)14(17-11)20-10-2-3-12-6-8-16-9-7-12/h4-9H,2-3,10H2,1H3,(H,18,19). The van der Waals surface area contributed by atoms with Crippen molar-refractivity contribution in [3.8, 4) is 5.88 Å². The highest BCUT2D eigenvalue weighted by Gasteiger charge is 2.12. The first-order chi connectivity index (χ1) is 9.66. The smallest absolute Gasteiger partial charge is 0.341 e. The van der Waals surface area contributed by atoms with E-state index in [1.165, 1.54) is 11.6 Å². The van der Waals surface area contributed by atoms with Crippen LogP contribution in [0, 0.1) is 6.92 Å². The van der Waals surface area contributed by atoms with Gasteiger partial charge in [0.05, 0.1) is 6.61 Å². The van der Waals surface area contributed by atoms with Crippen molar-refractivity contribution in [2.75, 3.05) is 6.61 Å². The summed E-state index contributed by atoms with van der Waals surface area (Å²) in [6, 6.07) is 7.08. The highest BCUT2D eigenvalue weighted by molar-refractivity contribution is 5.90. The summed E-state index contributed by atoms with van der Waals surface area (Å²) in [5.41, 5.74) is 2.01.